The number of hydrogen-bond donors (Lipinski definition) is 4. The Morgan fingerprint density at radius 1 is 1.04 bits per heavy atom. The topological polar surface area (TPSA) is 190 Å². The molecule has 3 aromatic heterocycles. The van der Waals surface area contributed by atoms with Crippen molar-refractivity contribution in [2.24, 2.45) is 0 Å². The Morgan fingerprint density at radius 3 is 2.39 bits per heavy atom. The number of aliphatic hydroxyl groups excluding tert-OH is 2. The molecule has 2 fully saturated rings. The molecule has 0 spiro atoms. The summed E-state index contributed by atoms with van der Waals surface area (Å²) in [6.45, 7) is 9.37. The number of carbonyl (C=O) groups excluding carboxylic acids is 1. The van der Waals surface area contributed by atoms with Gasteiger partial charge in [-0.25, -0.2) is 9.78 Å². The minimum absolute atomic E-state index is 0.00271. The Kier molecular flexibility index (Phi) is 9.54. The zero-order valence-corrected chi connectivity index (χ0v) is 29.0. The van der Waals surface area contributed by atoms with Gasteiger partial charge in [-0.05, 0) is 50.5 Å². The Hall–Kier alpha value is -5.19. The largest absolute Gasteiger partial charge is 0.444 e. The van der Waals surface area contributed by atoms with Crippen LogP contribution in [0.25, 0.3) is 11.2 Å². The number of anilines is 2. The minimum atomic E-state index is -1.34. The van der Waals surface area contributed by atoms with Gasteiger partial charge in [0.05, 0.1) is 18.9 Å². The van der Waals surface area contributed by atoms with Crippen LogP contribution >= 0.6 is 0 Å². The molecule has 0 bridgehead atoms. The van der Waals surface area contributed by atoms with E-state index >= 15 is 0 Å². The molecule has 2 aliphatic heterocycles. The lowest BCUT2D eigenvalue weighted by atomic mass is 9.91. The highest BCUT2D eigenvalue weighted by Gasteiger charge is 2.47. The lowest BCUT2D eigenvalue weighted by Crippen LogP contribution is -2.40. The number of amides is 1. The van der Waals surface area contributed by atoms with E-state index in [1.807, 2.05) is 69.0 Å². The third-order valence-corrected chi connectivity index (χ3v) is 9.00. The summed E-state index contributed by atoms with van der Waals surface area (Å²) in [6, 6.07) is 20.3. The van der Waals surface area contributed by atoms with E-state index in [2.05, 4.69) is 55.3 Å². The van der Waals surface area contributed by atoms with E-state index in [1.165, 1.54) is 11.1 Å². The Bertz CT molecular complexity index is 1910. The number of aryl methyl sites for hydroxylation is 1. The van der Waals surface area contributed by atoms with Crippen molar-refractivity contribution in [1.29, 1.82) is 0 Å². The highest BCUT2D eigenvalue weighted by Crippen LogP contribution is 2.39. The van der Waals surface area contributed by atoms with Crippen LogP contribution < -0.4 is 15.5 Å². The lowest BCUT2D eigenvalue weighted by Gasteiger charge is -2.23. The predicted octanol–water partition coefficient (Wildman–Crippen LogP) is 3.17. The molecule has 7 rings (SSSR count). The predicted molar refractivity (Wildman–Crippen MR) is 187 cm³/mol. The third kappa shape index (κ3) is 7.34. The number of alkyl carbamates (subject to hydrolysis) is 1. The molecule has 51 heavy (non-hydrogen) atoms. The van der Waals surface area contributed by atoms with Crippen LogP contribution in [0.5, 0.6) is 0 Å². The molecule has 1 amide bonds. The maximum atomic E-state index is 12.6. The second-order valence-corrected chi connectivity index (χ2v) is 13.8. The van der Waals surface area contributed by atoms with Gasteiger partial charge in [0, 0.05) is 25.6 Å². The van der Waals surface area contributed by atoms with E-state index in [1.54, 1.807) is 4.57 Å². The van der Waals surface area contributed by atoms with Crippen LogP contribution in [0.3, 0.4) is 0 Å². The smallest absolute Gasteiger partial charge is 0.407 e. The molecule has 268 valence electrons. The SMILES string of the molecule is CCn1nnc([C@H]2O[C@@H](n3cnc4c(NCC(c5ccccc5)c5ccccc5)nc(N5CC[C@@H](NC(=O)OC(C)(C)C)C5)nc43)[C@@H](O)[C@@H]2O)n1. The number of ether oxygens (including phenoxy) is 2. The molecule has 2 aliphatic rings. The van der Waals surface area contributed by atoms with Gasteiger partial charge in [0.2, 0.25) is 11.8 Å². The van der Waals surface area contributed by atoms with Gasteiger partial charge >= 0.3 is 6.09 Å². The molecule has 0 aliphatic carbocycles. The van der Waals surface area contributed by atoms with Crippen LogP contribution in [-0.4, -0.2) is 99.5 Å². The second-order valence-electron chi connectivity index (χ2n) is 13.8. The number of nitrogens with one attached hydrogen (secondary N) is 2. The van der Waals surface area contributed by atoms with Crippen molar-refractivity contribution in [3.8, 4) is 0 Å². The fraction of sp³-hybridized carbons (Fsp3) is 0.457. The Morgan fingerprint density at radius 2 is 1.75 bits per heavy atom. The van der Waals surface area contributed by atoms with Crippen LogP contribution in [0, 0.1) is 0 Å². The molecular formula is C35H43N11O5. The second kappa shape index (κ2) is 14.2. The molecule has 0 unspecified atom stereocenters. The Labute approximate surface area is 294 Å². The highest BCUT2D eigenvalue weighted by atomic mass is 16.6. The number of carbonyl (C=O) groups is 1. The van der Waals surface area contributed by atoms with E-state index in [4.69, 9.17) is 19.4 Å². The van der Waals surface area contributed by atoms with E-state index < -0.39 is 36.2 Å². The third-order valence-electron chi connectivity index (χ3n) is 9.00. The van der Waals surface area contributed by atoms with Crippen molar-refractivity contribution in [1.82, 2.24) is 45.0 Å². The number of imidazole rings is 1. The zero-order valence-electron chi connectivity index (χ0n) is 29.0. The summed E-state index contributed by atoms with van der Waals surface area (Å²) < 4.78 is 13.3. The number of nitrogens with zero attached hydrogens (tertiary/aromatic N) is 9. The first-order valence-corrected chi connectivity index (χ1v) is 17.2. The fourth-order valence-corrected chi connectivity index (χ4v) is 6.49. The number of rotatable bonds is 10. The maximum Gasteiger partial charge on any atom is 0.407 e. The standard InChI is InChI=1S/C35H43N11O5/c1-5-46-42-30(41-43-46)28-26(47)27(48)32(50-28)45-20-37-25-29(36-18-24(21-12-8-6-9-13-21)22-14-10-7-11-15-22)39-33(40-31(25)45)44-17-16-23(19-44)38-34(49)51-35(2,3)4/h6-15,20,23-24,26-28,32,47-48H,5,16-19H2,1-4H3,(H,38,49)(H,36,39,40)/t23-,26+,27+,28+,32-/m1/s1. The monoisotopic (exact) mass is 697 g/mol. The first-order chi connectivity index (χ1) is 24.6. The molecule has 5 heterocycles. The quantitative estimate of drug-likeness (QED) is 0.167. The van der Waals surface area contributed by atoms with Gasteiger partial charge in [0.25, 0.3) is 0 Å². The van der Waals surface area contributed by atoms with Crippen LogP contribution in [0.15, 0.2) is 67.0 Å². The van der Waals surface area contributed by atoms with Gasteiger partial charge in [-0.2, -0.15) is 14.8 Å². The average molecular weight is 698 g/mol. The maximum absolute atomic E-state index is 12.6. The summed E-state index contributed by atoms with van der Waals surface area (Å²) >= 11 is 0. The molecule has 0 radical (unpaired) electrons. The average Bonchev–Trinajstić information content (AvgIpc) is 3.92. The molecule has 5 atom stereocenters. The normalized spacial score (nSPS) is 22.2. The number of hydrogen-bond acceptors (Lipinski definition) is 13. The highest BCUT2D eigenvalue weighted by molar-refractivity contribution is 5.84. The number of aliphatic hydroxyl groups is 2. The number of aromatic nitrogens is 8. The lowest BCUT2D eigenvalue weighted by molar-refractivity contribution is -0.0384. The van der Waals surface area contributed by atoms with Crippen LogP contribution in [0.4, 0.5) is 16.6 Å². The molecule has 2 saturated heterocycles. The molecule has 5 aromatic rings. The molecule has 2 aromatic carbocycles. The summed E-state index contributed by atoms with van der Waals surface area (Å²) in [5, 5.41) is 41.1. The van der Waals surface area contributed by atoms with Crippen LogP contribution in [0.1, 0.15) is 69.3 Å². The molecular weight excluding hydrogens is 654 g/mol. The van der Waals surface area contributed by atoms with Gasteiger partial charge in [0.1, 0.15) is 17.8 Å². The number of benzene rings is 2. The van der Waals surface area contributed by atoms with E-state index in [9.17, 15) is 15.0 Å². The first-order valence-electron chi connectivity index (χ1n) is 17.2. The molecule has 16 nitrogen and oxygen atoms in total. The molecule has 0 saturated carbocycles. The molecule has 4 N–H and O–H groups in total. The van der Waals surface area contributed by atoms with Gasteiger partial charge in [-0.15, -0.1) is 10.2 Å². The van der Waals surface area contributed by atoms with Gasteiger partial charge in [0.15, 0.2) is 29.3 Å². The van der Waals surface area contributed by atoms with Crippen LogP contribution in [-0.2, 0) is 16.0 Å². The summed E-state index contributed by atoms with van der Waals surface area (Å²) in [5.74, 6) is 1.07. The van der Waals surface area contributed by atoms with E-state index in [0.717, 1.165) is 11.1 Å². The van der Waals surface area contributed by atoms with Crippen molar-refractivity contribution in [2.45, 2.75) is 82.8 Å². The number of tetrazole rings is 1. The zero-order chi connectivity index (χ0) is 35.7. The summed E-state index contributed by atoms with van der Waals surface area (Å²) in [7, 11) is 0. The van der Waals surface area contributed by atoms with Crippen molar-refractivity contribution in [3.05, 3.63) is 83.9 Å². The van der Waals surface area contributed by atoms with Crippen molar-refractivity contribution in [2.75, 3.05) is 29.9 Å². The van der Waals surface area contributed by atoms with E-state index in [0.29, 0.717) is 55.5 Å². The summed E-state index contributed by atoms with van der Waals surface area (Å²) in [4.78, 5) is 30.5. The van der Waals surface area contributed by atoms with Crippen molar-refractivity contribution >= 4 is 29.0 Å². The Balaban J connectivity index is 1.22. The first kappa shape index (κ1) is 34.3. The van der Waals surface area contributed by atoms with Gasteiger partial charge in [-0.1, -0.05) is 60.7 Å². The van der Waals surface area contributed by atoms with Crippen LogP contribution in [0.2, 0.25) is 0 Å². The minimum Gasteiger partial charge on any atom is -0.444 e. The molecule has 16 heteroatoms. The van der Waals surface area contributed by atoms with E-state index in [-0.39, 0.29) is 17.8 Å². The summed E-state index contributed by atoms with van der Waals surface area (Å²) in [5.41, 5.74) is 2.52. The number of fused-ring (bicyclic) bond motifs is 1. The fourth-order valence-electron chi connectivity index (χ4n) is 6.49. The van der Waals surface area contributed by atoms with Crippen molar-refractivity contribution < 1.29 is 24.5 Å². The van der Waals surface area contributed by atoms with Gasteiger partial charge in [-0.3, -0.25) is 4.57 Å². The van der Waals surface area contributed by atoms with Crippen molar-refractivity contribution in [3.63, 3.8) is 0 Å². The summed E-state index contributed by atoms with van der Waals surface area (Å²) in [6.07, 6.45) is -3.03. The van der Waals surface area contributed by atoms with Gasteiger partial charge < -0.3 is 35.2 Å².